The molecule has 2 heterocycles. The van der Waals surface area contributed by atoms with E-state index in [0.29, 0.717) is 13.0 Å². The molecule has 1 unspecified atom stereocenters. The number of carbonyl (C=O) groups excluding carboxylic acids is 2. The minimum atomic E-state index is -0.468. The maximum atomic E-state index is 10.6. The smallest absolute Gasteiger partial charge is 0.316 e. The molecule has 0 amide bonds. The van der Waals surface area contributed by atoms with Crippen LogP contribution in [0, 0.1) is 5.92 Å². The van der Waals surface area contributed by atoms with Gasteiger partial charge in [0.1, 0.15) is 11.7 Å². The third-order valence-corrected chi connectivity index (χ3v) is 2.24. The first-order valence-electron chi connectivity index (χ1n) is 5.09. The van der Waals surface area contributed by atoms with E-state index >= 15 is 0 Å². The van der Waals surface area contributed by atoms with Crippen molar-refractivity contribution >= 4 is 17.6 Å². The molecule has 0 bridgehead atoms. The highest BCUT2D eigenvalue weighted by atomic mass is 16.5. The molecular weight excluding hydrogens is 224 g/mol. The molecule has 0 aromatic carbocycles. The van der Waals surface area contributed by atoms with E-state index < -0.39 is 5.92 Å². The fraction of sp³-hybridized carbons (Fsp3) is 0.364. The number of carbonyl (C=O) groups is 2. The zero-order chi connectivity index (χ0) is 12.8. The number of rotatable bonds is 1. The lowest BCUT2D eigenvalue weighted by atomic mass is 10.1. The van der Waals surface area contributed by atoms with Crippen LogP contribution >= 0.6 is 0 Å². The number of Topliss-reactive ketones (excluding diaryl/α,β-unsaturated/α-hetero) is 1. The number of hydrogen-bond acceptors (Lipinski definition) is 6. The Morgan fingerprint density at radius 3 is 2.65 bits per heavy atom. The summed E-state index contributed by atoms with van der Waals surface area (Å²) in [6.07, 6.45) is 2.09. The van der Waals surface area contributed by atoms with Gasteiger partial charge in [-0.2, -0.15) is 0 Å². The molecule has 0 aliphatic carbocycles. The average molecular weight is 238 g/mol. The van der Waals surface area contributed by atoms with Crippen LogP contribution in [0.25, 0.3) is 0 Å². The summed E-state index contributed by atoms with van der Waals surface area (Å²) in [5.41, 5.74) is 5.16. The Bertz CT molecular complexity index is 399. The Labute approximate surface area is 98.4 Å². The number of hydrogen-bond donors (Lipinski definition) is 2. The third-order valence-electron chi connectivity index (χ3n) is 2.24. The Balaban J connectivity index is 0.000000171. The highest BCUT2D eigenvalue weighted by Gasteiger charge is 2.29. The van der Waals surface area contributed by atoms with Crippen LogP contribution < -0.4 is 5.73 Å². The zero-order valence-corrected chi connectivity index (χ0v) is 9.42. The number of ether oxygens (including phenoxy) is 1. The van der Waals surface area contributed by atoms with Gasteiger partial charge in [0.05, 0.1) is 6.61 Å². The summed E-state index contributed by atoms with van der Waals surface area (Å²) in [7, 11) is 0. The van der Waals surface area contributed by atoms with E-state index in [1.165, 1.54) is 19.2 Å². The highest BCUT2D eigenvalue weighted by Crippen LogP contribution is 2.14. The van der Waals surface area contributed by atoms with Gasteiger partial charge >= 0.3 is 5.97 Å². The second kappa shape index (κ2) is 5.83. The largest absolute Gasteiger partial charge is 0.504 e. The minimum Gasteiger partial charge on any atom is -0.504 e. The predicted molar refractivity (Wildman–Crippen MR) is 60.1 cm³/mol. The second-order valence-electron chi connectivity index (χ2n) is 3.53. The number of ketones is 1. The number of anilines is 1. The van der Waals surface area contributed by atoms with Crippen LogP contribution in [0.3, 0.4) is 0 Å². The van der Waals surface area contributed by atoms with E-state index in [2.05, 4.69) is 9.72 Å². The standard InChI is InChI=1S/C6H8O3.C5H6N2O/c1-4(7)5-2-3-9-6(5)8;6-5-4(8)2-1-3-7-5/h5H,2-3H2,1H3;1-3,8H,(H2,6,7). The number of pyridine rings is 1. The molecule has 1 saturated heterocycles. The van der Waals surface area contributed by atoms with Crippen molar-refractivity contribution in [2.45, 2.75) is 13.3 Å². The summed E-state index contributed by atoms with van der Waals surface area (Å²) in [4.78, 5) is 24.7. The van der Waals surface area contributed by atoms with Gasteiger partial charge in [-0.1, -0.05) is 0 Å². The molecule has 3 N–H and O–H groups in total. The van der Waals surface area contributed by atoms with Gasteiger partial charge in [0.2, 0.25) is 0 Å². The lowest BCUT2D eigenvalue weighted by Crippen LogP contribution is -2.15. The van der Waals surface area contributed by atoms with Gasteiger partial charge in [0, 0.05) is 12.6 Å². The van der Waals surface area contributed by atoms with E-state index in [9.17, 15) is 9.59 Å². The molecule has 17 heavy (non-hydrogen) atoms. The van der Waals surface area contributed by atoms with Crippen LogP contribution in [-0.4, -0.2) is 28.4 Å². The van der Waals surface area contributed by atoms with Crippen molar-refractivity contribution in [2.75, 3.05) is 12.3 Å². The van der Waals surface area contributed by atoms with E-state index in [1.54, 1.807) is 6.07 Å². The van der Waals surface area contributed by atoms with Crippen molar-refractivity contribution < 1.29 is 19.4 Å². The highest BCUT2D eigenvalue weighted by molar-refractivity contribution is 5.98. The second-order valence-corrected chi connectivity index (χ2v) is 3.53. The number of esters is 1. The Morgan fingerprint density at radius 2 is 2.35 bits per heavy atom. The molecule has 1 aromatic rings. The summed E-state index contributed by atoms with van der Waals surface area (Å²) >= 11 is 0. The van der Waals surface area contributed by atoms with Gasteiger partial charge in [0.15, 0.2) is 11.6 Å². The molecule has 1 aliphatic rings. The molecule has 1 aromatic heterocycles. The summed E-state index contributed by atoms with van der Waals surface area (Å²) < 4.78 is 4.57. The summed E-state index contributed by atoms with van der Waals surface area (Å²) in [5.74, 6) is -0.704. The zero-order valence-electron chi connectivity index (χ0n) is 9.42. The number of nitrogens with two attached hydrogens (primary N) is 1. The first kappa shape index (κ1) is 13.0. The first-order valence-corrected chi connectivity index (χ1v) is 5.09. The summed E-state index contributed by atoms with van der Waals surface area (Å²) in [6.45, 7) is 1.82. The van der Waals surface area contributed by atoms with Crippen LogP contribution in [0.2, 0.25) is 0 Å². The van der Waals surface area contributed by atoms with Gasteiger partial charge in [-0.3, -0.25) is 9.59 Å². The van der Waals surface area contributed by atoms with Gasteiger partial charge in [-0.15, -0.1) is 0 Å². The van der Waals surface area contributed by atoms with Gasteiger partial charge in [0.25, 0.3) is 0 Å². The van der Waals surface area contributed by atoms with Crippen LogP contribution in [0.4, 0.5) is 5.82 Å². The van der Waals surface area contributed by atoms with Gasteiger partial charge in [-0.05, 0) is 19.1 Å². The molecule has 92 valence electrons. The van der Waals surface area contributed by atoms with Crippen LogP contribution in [0.5, 0.6) is 5.75 Å². The summed E-state index contributed by atoms with van der Waals surface area (Å²) in [6, 6.07) is 3.11. The molecule has 0 radical (unpaired) electrons. The van der Waals surface area contributed by atoms with Crippen LogP contribution in [0.1, 0.15) is 13.3 Å². The normalized spacial score (nSPS) is 17.9. The molecule has 1 fully saturated rings. The Hall–Kier alpha value is -2.11. The monoisotopic (exact) mass is 238 g/mol. The topological polar surface area (TPSA) is 103 Å². The van der Waals surface area contributed by atoms with Crippen molar-refractivity contribution in [3.05, 3.63) is 18.3 Å². The lowest BCUT2D eigenvalue weighted by Gasteiger charge is -1.95. The first-order chi connectivity index (χ1) is 8.02. The number of aromatic hydroxyl groups is 1. The quantitative estimate of drug-likeness (QED) is 0.545. The average Bonchev–Trinajstić information content (AvgIpc) is 2.70. The number of nitrogens with zero attached hydrogens (tertiary/aromatic N) is 1. The lowest BCUT2D eigenvalue weighted by molar-refractivity contribution is -0.144. The third kappa shape index (κ3) is 3.75. The Morgan fingerprint density at radius 1 is 1.65 bits per heavy atom. The fourth-order valence-electron chi connectivity index (χ4n) is 1.27. The predicted octanol–water partition coefficient (Wildman–Crippen LogP) is 0.508. The van der Waals surface area contributed by atoms with Crippen molar-refractivity contribution in [2.24, 2.45) is 5.92 Å². The minimum absolute atomic E-state index is 0.0347. The van der Waals surface area contributed by atoms with Crippen molar-refractivity contribution in [1.82, 2.24) is 4.98 Å². The molecule has 6 heteroatoms. The van der Waals surface area contributed by atoms with Crippen molar-refractivity contribution in [3.8, 4) is 5.75 Å². The summed E-state index contributed by atoms with van der Waals surface area (Å²) in [5, 5.41) is 8.73. The van der Waals surface area contributed by atoms with Crippen LogP contribution in [0.15, 0.2) is 18.3 Å². The molecule has 1 aliphatic heterocycles. The molecular formula is C11H14N2O4. The number of nitrogen functional groups attached to an aromatic ring is 1. The van der Waals surface area contributed by atoms with Crippen molar-refractivity contribution in [3.63, 3.8) is 0 Å². The maximum absolute atomic E-state index is 10.6. The van der Waals surface area contributed by atoms with Gasteiger partial charge in [-0.25, -0.2) is 4.98 Å². The molecule has 0 spiro atoms. The molecule has 1 atom stereocenters. The number of cyclic esters (lactones) is 1. The Kier molecular flexibility index (Phi) is 4.45. The number of aromatic nitrogens is 1. The van der Waals surface area contributed by atoms with Crippen LogP contribution in [-0.2, 0) is 14.3 Å². The molecule has 2 rings (SSSR count). The fourth-order valence-corrected chi connectivity index (χ4v) is 1.27. The van der Waals surface area contributed by atoms with Gasteiger partial charge < -0.3 is 15.6 Å². The SMILES string of the molecule is CC(=O)C1CCOC1=O.Nc1ncccc1O. The van der Waals surface area contributed by atoms with E-state index in [1.807, 2.05) is 0 Å². The van der Waals surface area contributed by atoms with E-state index in [-0.39, 0.29) is 23.3 Å². The van der Waals surface area contributed by atoms with E-state index in [0.717, 1.165) is 0 Å². The molecule has 0 saturated carbocycles. The van der Waals surface area contributed by atoms with E-state index in [4.69, 9.17) is 10.8 Å². The maximum Gasteiger partial charge on any atom is 0.316 e. The van der Waals surface area contributed by atoms with Crippen molar-refractivity contribution in [1.29, 1.82) is 0 Å². The molecule has 6 nitrogen and oxygen atoms in total.